The molecule has 0 radical (unpaired) electrons. The molecule has 0 aromatic carbocycles. The summed E-state index contributed by atoms with van der Waals surface area (Å²) in [5.74, 6) is 1.02. The molecule has 0 saturated heterocycles. The summed E-state index contributed by atoms with van der Waals surface area (Å²) in [4.78, 5) is 2.27. The van der Waals surface area contributed by atoms with Crippen molar-refractivity contribution in [2.45, 2.75) is 45.6 Å². The fraction of sp³-hybridized carbons (Fsp3) is 1.00. The van der Waals surface area contributed by atoms with Crippen LogP contribution >= 0.6 is 0 Å². The minimum atomic E-state index is 0.828. The lowest BCUT2D eigenvalue weighted by Crippen LogP contribution is -2.39. The Hall–Kier alpha value is -0.0800. The maximum Gasteiger partial charge on any atom is 0.00693 e. The Balaban J connectivity index is 0.000000791. The molecule has 86 valence electrons. The van der Waals surface area contributed by atoms with Gasteiger partial charge < -0.3 is 10.2 Å². The van der Waals surface area contributed by atoms with Crippen LogP contribution in [0.25, 0.3) is 0 Å². The van der Waals surface area contributed by atoms with Crippen LogP contribution in [0.2, 0.25) is 0 Å². The molecule has 0 spiro atoms. The number of nitrogens with one attached hydrogen (secondary N) is 1. The molecule has 0 atom stereocenters. The van der Waals surface area contributed by atoms with Crippen molar-refractivity contribution >= 4 is 0 Å². The molecule has 1 rings (SSSR count). The zero-order valence-electron chi connectivity index (χ0n) is 10.6. The predicted molar refractivity (Wildman–Crippen MR) is 64.7 cm³/mol. The SMILES string of the molecule is CC.CNC1CC(CCCN(C)C)C1. The summed E-state index contributed by atoms with van der Waals surface area (Å²) in [7, 11) is 6.37. The maximum absolute atomic E-state index is 3.32. The van der Waals surface area contributed by atoms with Gasteiger partial charge in [0.1, 0.15) is 0 Å². The topological polar surface area (TPSA) is 15.3 Å². The van der Waals surface area contributed by atoms with Crippen LogP contribution in [0.15, 0.2) is 0 Å². The highest BCUT2D eigenvalue weighted by Crippen LogP contribution is 2.30. The molecular formula is C12H28N2. The molecule has 0 heterocycles. The van der Waals surface area contributed by atoms with Gasteiger partial charge in [0.05, 0.1) is 0 Å². The smallest absolute Gasteiger partial charge is 0.00693 e. The van der Waals surface area contributed by atoms with Gasteiger partial charge in [0.25, 0.3) is 0 Å². The first-order valence-corrected chi connectivity index (χ1v) is 6.04. The van der Waals surface area contributed by atoms with Gasteiger partial charge in [-0.05, 0) is 59.3 Å². The normalized spacial score (nSPS) is 25.3. The molecule has 0 aromatic heterocycles. The van der Waals surface area contributed by atoms with Crippen LogP contribution in [0.3, 0.4) is 0 Å². The van der Waals surface area contributed by atoms with Crippen molar-refractivity contribution in [3.8, 4) is 0 Å². The Bertz CT molecular complexity index is 117. The van der Waals surface area contributed by atoms with Gasteiger partial charge in [-0.15, -0.1) is 0 Å². The molecule has 14 heavy (non-hydrogen) atoms. The third kappa shape index (κ3) is 5.61. The van der Waals surface area contributed by atoms with Crippen molar-refractivity contribution in [2.24, 2.45) is 5.92 Å². The molecule has 1 N–H and O–H groups in total. The highest BCUT2D eigenvalue weighted by atomic mass is 15.0. The van der Waals surface area contributed by atoms with Gasteiger partial charge in [-0.3, -0.25) is 0 Å². The highest BCUT2D eigenvalue weighted by molar-refractivity contribution is 4.83. The minimum Gasteiger partial charge on any atom is -0.317 e. The summed E-state index contributed by atoms with van der Waals surface area (Å²) in [6.45, 7) is 5.25. The van der Waals surface area contributed by atoms with E-state index in [1.165, 1.54) is 32.2 Å². The average molecular weight is 200 g/mol. The van der Waals surface area contributed by atoms with Crippen molar-refractivity contribution in [1.82, 2.24) is 10.2 Å². The predicted octanol–water partition coefficient (Wildman–Crippen LogP) is 2.35. The summed E-state index contributed by atoms with van der Waals surface area (Å²) in [5.41, 5.74) is 0. The third-order valence-electron chi connectivity index (χ3n) is 2.86. The molecule has 2 heteroatoms. The van der Waals surface area contributed by atoms with Gasteiger partial charge in [0, 0.05) is 6.04 Å². The van der Waals surface area contributed by atoms with E-state index in [2.05, 4.69) is 31.4 Å². The van der Waals surface area contributed by atoms with E-state index in [4.69, 9.17) is 0 Å². The van der Waals surface area contributed by atoms with E-state index in [1.54, 1.807) is 0 Å². The number of hydrogen-bond acceptors (Lipinski definition) is 2. The third-order valence-corrected chi connectivity index (χ3v) is 2.86. The summed E-state index contributed by atoms with van der Waals surface area (Å²) < 4.78 is 0. The lowest BCUT2D eigenvalue weighted by Gasteiger charge is -2.35. The number of hydrogen-bond donors (Lipinski definition) is 1. The maximum atomic E-state index is 3.32. The van der Waals surface area contributed by atoms with Gasteiger partial charge in [0.2, 0.25) is 0 Å². The van der Waals surface area contributed by atoms with Gasteiger partial charge >= 0.3 is 0 Å². The molecule has 1 aliphatic carbocycles. The summed E-state index contributed by atoms with van der Waals surface area (Å²) in [6.07, 6.45) is 5.61. The van der Waals surface area contributed by atoms with Crippen LogP contribution in [0.1, 0.15) is 39.5 Å². The van der Waals surface area contributed by atoms with Gasteiger partial charge in [-0.1, -0.05) is 13.8 Å². The fourth-order valence-corrected chi connectivity index (χ4v) is 1.90. The van der Waals surface area contributed by atoms with E-state index in [-0.39, 0.29) is 0 Å². The van der Waals surface area contributed by atoms with E-state index >= 15 is 0 Å². The first-order chi connectivity index (χ1) is 6.72. The number of nitrogens with zero attached hydrogens (tertiary/aromatic N) is 1. The van der Waals surface area contributed by atoms with Crippen LogP contribution in [-0.2, 0) is 0 Å². The largest absolute Gasteiger partial charge is 0.317 e. The fourth-order valence-electron chi connectivity index (χ4n) is 1.90. The molecule has 0 aromatic rings. The molecule has 0 unspecified atom stereocenters. The summed E-state index contributed by atoms with van der Waals surface area (Å²) >= 11 is 0. The zero-order chi connectivity index (χ0) is 11.0. The molecule has 1 saturated carbocycles. The van der Waals surface area contributed by atoms with Gasteiger partial charge in [0.15, 0.2) is 0 Å². The summed E-state index contributed by atoms with van der Waals surface area (Å²) in [5, 5.41) is 3.32. The Kier molecular flexibility index (Phi) is 8.20. The second-order valence-corrected chi connectivity index (χ2v) is 4.27. The van der Waals surface area contributed by atoms with E-state index in [0.29, 0.717) is 0 Å². The van der Waals surface area contributed by atoms with Gasteiger partial charge in [-0.2, -0.15) is 0 Å². The quantitative estimate of drug-likeness (QED) is 0.733. The van der Waals surface area contributed by atoms with Crippen LogP contribution in [0.4, 0.5) is 0 Å². The highest BCUT2D eigenvalue weighted by Gasteiger charge is 2.26. The monoisotopic (exact) mass is 200 g/mol. The van der Waals surface area contributed by atoms with E-state index in [9.17, 15) is 0 Å². The number of rotatable bonds is 5. The minimum absolute atomic E-state index is 0.828. The van der Waals surface area contributed by atoms with Crippen molar-refractivity contribution in [3.63, 3.8) is 0 Å². The van der Waals surface area contributed by atoms with Crippen molar-refractivity contribution in [3.05, 3.63) is 0 Å². The second kappa shape index (κ2) is 8.25. The Morgan fingerprint density at radius 2 is 1.79 bits per heavy atom. The molecule has 0 amide bonds. The van der Waals surface area contributed by atoms with Crippen LogP contribution in [0, 0.1) is 5.92 Å². The Morgan fingerprint density at radius 1 is 1.21 bits per heavy atom. The first-order valence-electron chi connectivity index (χ1n) is 6.04. The molecule has 1 aliphatic rings. The van der Waals surface area contributed by atoms with Crippen molar-refractivity contribution in [1.29, 1.82) is 0 Å². The molecular weight excluding hydrogens is 172 g/mol. The van der Waals surface area contributed by atoms with E-state index in [0.717, 1.165) is 12.0 Å². The van der Waals surface area contributed by atoms with Crippen molar-refractivity contribution in [2.75, 3.05) is 27.7 Å². The van der Waals surface area contributed by atoms with E-state index < -0.39 is 0 Å². The standard InChI is InChI=1S/C10H22N2.C2H6/c1-11-10-7-9(8-10)5-4-6-12(2)3;1-2/h9-11H,4-8H2,1-3H3;1-2H3. The zero-order valence-corrected chi connectivity index (χ0v) is 10.6. The van der Waals surface area contributed by atoms with E-state index in [1.807, 2.05) is 13.8 Å². The average Bonchev–Trinajstić information content (AvgIpc) is 2.12. The Morgan fingerprint density at radius 3 is 2.21 bits per heavy atom. The molecule has 0 bridgehead atoms. The lowest BCUT2D eigenvalue weighted by atomic mass is 9.77. The molecule has 0 aliphatic heterocycles. The lowest BCUT2D eigenvalue weighted by molar-refractivity contribution is 0.210. The van der Waals surface area contributed by atoms with Crippen molar-refractivity contribution < 1.29 is 0 Å². The first kappa shape index (κ1) is 13.9. The summed E-state index contributed by atoms with van der Waals surface area (Å²) in [6, 6.07) is 0.828. The van der Waals surface area contributed by atoms with Crippen LogP contribution in [-0.4, -0.2) is 38.6 Å². The second-order valence-electron chi connectivity index (χ2n) is 4.27. The molecule has 1 fully saturated rings. The van der Waals surface area contributed by atoms with Crippen LogP contribution in [0.5, 0.6) is 0 Å². The Labute approximate surface area is 90.1 Å². The molecule has 2 nitrogen and oxygen atoms in total. The van der Waals surface area contributed by atoms with Gasteiger partial charge in [-0.25, -0.2) is 0 Å². The van der Waals surface area contributed by atoms with Crippen LogP contribution < -0.4 is 5.32 Å².